The molecule has 0 saturated carbocycles. The number of halogens is 3. The van der Waals surface area contributed by atoms with Gasteiger partial charge in [0.15, 0.2) is 0 Å². The minimum Gasteiger partial charge on any atom is -0.341 e. The lowest BCUT2D eigenvalue weighted by atomic mass is 10.3. The van der Waals surface area contributed by atoms with Crippen molar-refractivity contribution in [1.29, 1.82) is 0 Å². The summed E-state index contributed by atoms with van der Waals surface area (Å²) in [4.78, 5) is 13.5. The van der Waals surface area contributed by atoms with E-state index in [2.05, 4.69) is 47.8 Å². The summed E-state index contributed by atoms with van der Waals surface area (Å²) in [5, 5.41) is 0.790. The van der Waals surface area contributed by atoms with Gasteiger partial charge in [-0.2, -0.15) is 0 Å². The SMILES string of the molecule is CN(CCBr)C(=O)c1cc(Br)sc1Br. The number of carbonyl (C=O) groups excluding carboxylic acids is 1. The summed E-state index contributed by atoms with van der Waals surface area (Å²) in [6, 6.07) is 1.84. The molecule has 0 unspecified atom stereocenters. The average Bonchev–Trinajstić information content (AvgIpc) is 2.44. The van der Waals surface area contributed by atoms with Crippen molar-refractivity contribution in [3.8, 4) is 0 Å². The Bertz CT molecular complexity index is 339. The van der Waals surface area contributed by atoms with E-state index >= 15 is 0 Å². The summed E-state index contributed by atoms with van der Waals surface area (Å²) < 4.78 is 1.83. The molecule has 6 heteroatoms. The molecule has 0 saturated heterocycles. The maximum Gasteiger partial charge on any atom is 0.255 e. The van der Waals surface area contributed by atoms with Crippen LogP contribution in [0.15, 0.2) is 13.6 Å². The number of nitrogens with zero attached hydrogens (tertiary/aromatic N) is 1. The van der Waals surface area contributed by atoms with Gasteiger partial charge in [0.2, 0.25) is 0 Å². The lowest BCUT2D eigenvalue weighted by Gasteiger charge is -2.14. The zero-order valence-electron chi connectivity index (χ0n) is 7.39. The molecule has 0 spiro atoms. The van der Waals surface area contributed by atoms with Crippen molar-refractivity contribution in [2.45, 2.75) is 0 Å². The number of alkyl halides is 1. The van der Waals surface area contributed by atoms with Crippen LogP contribution in [-0.4, -0.2) is 29.7 Å². The highest BCUT2D eigenvalue weighted by atomic mass is 79.9. The molecular weight excluding hydrogens is 398 g/mol. The normalized spacial score (nSPS) is 10.3. The fourth-order valence-corrected chi connectivity index (χ4v) is 4.23. The van der Waals surface area contributed by atoms with Gasteiger partial charge in [0.05, 0.1) is 13.1 Å². The standard InChI is InChI=1S/C8H8Br3NOS/c1-12(3-2-9)8(13)5-4-6(10)14-7(5)11/h4H,2-3H2,1H3. The molecule has 1 aromatic rings. The first kappa shape index (κ1) is 12.7. The molecule has 0 aliphatic heterocycles. The number of amides is 1. The van der Waals surface area contributed by atoms with E-state index in [1.165, 1.54) is 11.3 Å². The predicted molar refractivity (Wildman–Crippen MR) is 70.5 cm³/mol. The van der Waals surface area contributed by atoms with Crippen LogP contribution in [-0.2, 0) is 0 Å². The Morgan fingerprint density at radius 3 is 2.64 bits per heavy atom. The molecule has 1 aromatic heterocycles. The Labute approximate surface area is 112 Å². The smallest absolute Gasteiger partial charge is 0.255 e. The lowest BCUT2D eigenvalue weighted by molar-refractivity contribution is 0.0804. The molecule has 0 aromatic carbocycles. The Morgan fingerprint density at radius 1 is 1.57 bits per heavy atom. The van der Waals surface area contributed by atoms with Crippen LogP contribution in [0, 0.1) is 0 Å². The molecule has 0 fully saturated rings. The number of carbonyl (C=O) groups is 1. The van der Waals surface area contributed by atoms with Crippen LogP contribution in [0.25, 0.3) is 0 Å². The molecule has 0 aliphatic carbocycles. The van der Waals surface area contributed by atoms with E-state index in [1.807, 2.05) is 6.07 Å². The van der Waals surface area contributed by atoms with Crippen LogP contribution < -0.4 is 0 Å². The fourth-order valence-electron chi connectivity index (χ4n) is 0.920. The summed E-state index contributed by atoms with van der Waals surface area (Å²) in [7, 11) is 1.79. The van der Waals surface area contributed by atoms with Gasteiger partial charge < -0.3 is 4.90 Å². The van der Waals surface area contributed by atoms with Crippen molar-refractivity contribution >= 4 is 65.0 Å². The number of hydrogen-bond acceptors (Lipinski definition) is 2. The molecule has 0 N–H and O–H groups in total. The van der Waals surface area contributed by atoms with E-state index in [1.54, 1.807) is 11.9 Å². The van der Waals surface area contributed by atoms with Gasteiger partial charge in [-0.05, 0) is 37.9 Å². The van der Waals surface area contributed by atoms with Crippen molar-refractivity contribution in [3.63, 3.8) is 0 Å². The van der Waals surface area contributed by atoms with E-state index in [4.69, 9.17) is 0 Å². The number of rotatable bonds is 3. The van der Waals surface area contributed by atoms with Gasteiger partial charge in [-0.3, -0.25) is 4.79 Å². The largest absolute Gasteiger partial charge is 0.341 e. The Kier molecular flexibility index (Phi) is 5.10. The van der Waals surface area contributed by atoms with E-state index in [9.17, 15) is 4.79 Å². The van der Waals surface area contributed by atoms with Crippen LogP contribution in [0.5, 0.6) is 0 Å². The number of hydrogen-bond donors (Lipinski definition) is 0. The van der Waals surface area contributed by atoms with Gasteiger partial charge in [0, 0.05) is 18.9 Å². The molecule has 1 heterocycles. The van der Waals surface area contributed by atoms with Crippen LogP contribution in [0.3, 0.4) is 0 Å². The van der Waals surface area contributed by atoms with Crippen LogP contribution >= 0.6 is 59.1 Å². The summed E-state index contributed by atoms with van der Waals surface area (Å²) in [6.45, 7) is 0.707. The van der Waals surface area contributed by atoms with Crippen molar-refractivity contribution in [2.24, 2.45) is 0 Å². The molecule has 1 amide bonds. The Morgan fingerprint density at radius 2 is 2.21 bits per heavy atom. The first-order valence-electron chi connectivity index (χ1n) is 3.82. The molecular formula is C8H8Br3NOS. The summed E-state index contributed by atoms with van der Waals surface area (Å²) >= 11 is 11.5. The quantitative estimate of drug-likeness (QED) is 0.701. The van der Waals surface area contributed by atoms with Crippen LogP contribution in [0.2, 0.25) is 0 Å². The monoisotopic (exact) mass is 403 g/mol. The molecule has 0 bridgehead atoms. The van der Waals surface area contributed by atoms with Crippen molar-refractivity contribution < 1.29 is 4.79 Å². The summed E-state index contributed by atoms with van der Waals surface area (Å²) in [5.74, 6) is 0.0401. The van der Waals surface area contributed by atoms with E-state index in [0.717, 1.165) is 12.9 Å². The van der Waals surface area contributed by atoms with Gasteiger partial charge in [-0.15, -0.1) is 11.3 Å². The lowest BCUT2D eigenvalue weighted by Crippen LogP contribution is -2.28. The summed E-state index contributed by atoms with van der Waals surface area (Å²) in [5.41, 5.74) is 0.713. The van der Waals surface area contributed by atoms with Crippen molar-refractivity contribution in [3.05, 3.63) is 19.2 Å². The van der Waals surface area contributed by atoms with Gasteiger partial charge in [-0.25, -0.2) is 0 Å². The van der Waals surface area contributed by atoms with Crippen molar-refractivity contribution in [2.75, 3.05) is 18.9 Å². The van der Waals surface area contributed by atoms with Gasteiger partial charge in [0.25, 0.3) is 5.91 Å². The third kappa shape index (κ3) is 3.05. The highest BCUT2D eigenvalue weighted by Gasteiger charge is 2.16. The van der Waals surface area contributed by atoms with Crippen molar-refractivity contribution in [1.82, 2.24) is 4.90 Å². The summed E-state index contributed by atoms with van der Waals surface area (Å²) in [6.07, 6.45) is 0. The molecule has 0 radical (unpaired) electrons. The predicted octanol–water partition coefficient (Wildman–Crippen LogP) is 3.74. The zero-order valence-corrected chi connectivity index (χ0v) is 13.0. The average molecular weight is 406 g/mol. The topological polar surface area (TPSA) is 20.3 Å². The zero-order chi connectivity index (χ0) is 10.7. The third-order valence-corrected chi connectivity index (χ3v) is 4.35. The van der Waals surface area contributed by atoms with E-state index in [-0.39, 0.29) is 5.91 Å². The van der Waals surface area contributed by atoms with E-state index in [0.29, 0.717) is 12.1 Å². The minimum atomic E-state index is 0.0401. The Balaban J connectivity index is 2.83. The van der Waals surface area contributed by atoms with Gasteiger partial charge >= 0.3 is 0 Å². The minimum absolute atomic E-state index is 0.0401. The second-order valence-corrected chi connectivity index (χ2v) is 7.20. The van der Waals surface area contributed by atoms with Gasteiger partial charge in [-0.1, -0.05) is 15.9 Å². The maximum atomic E-state index is 11.8. The first-order valence-corrected chi connectivity index (χ1v) is 7.35. The van der Waals surface area contributed by atoms with Crippen LogP contribution in [0.4, 0.5) is 0 Å². The highest BCUT2D eigenvalue weighted by molar-refractivity contribution is 9.12. The molecule has 0 aliphatic rings. The highest BCUT2D eigenvalue weighted by Crippen LogP contribution is 2.32. The molecule has 1 rings (SSSR count). The second-order valence-electron chi connectivity index (χ2n) is 2.65. The molecule has 14 heavy (non-hydrogen) atoms. The van der Waals surface area contributed by atoms with Crippen LogP contribution in [0.1, 0.15) is 10.4 Å². The van der Waals surface area contributed by atoms with E-state index < -0.39 is 0 Å². The fraction of sp³-hybridized carbons (Fsp3) is 0.375. The molecule has 2 nitrogen and oxygen atoms in total. The third-order valence-electron chi connectivity index (χ3n) is 1.65. The molecule has 78 valence electrons. The van der Waals surface area contributed by atoms with Gasteiger partial charge in [0.1, 0.15) is 0 Å². The Hall–Kier alpha value is 0.610. The second kappa shape index (κ2) is 5.63. The first-order chi connectivity index (χ1) is 6.56. The maximum absolute atomic E-state index is 11.8. The molecule has 0 atom stereocenters. The number of thiophene rings is 1.